The zero-order valence-corrected chi connectivity index (χ0v) is 7.31. The molecule has 0 unspecified atom stereocenters. The summed E-state index contributed by atoms with van der Waals surface area (Å²) in [7, 11) is 0. The minimum Gasteiger partial charge on any atom is -0.382 e. The minimum atomic E-state index is -2.62. The molecule has 0 radical (unpaired) electrons. The first kappa shape index (κ1) is 11.8. The van der Waals surface area contributed by atoms with Crippen molar-refractivity contribution >= 4 is 18.2 Å². The van der Waals surface area contributed by atoms with Crippen molar-refractivity contribution in [1.82, 2.24) is 4.98 Å². The lowest BCUT2D eigenvalue weighted by molar-refractivity contribution is 0.146. The minimum absolute atomic E-state index is 0. The fraction of sp³-hybridized carbons (Fsp3) is 0.143. The van der Waals surface area contributed by atoms with Gasteiger partial charge in [-0.1, -0.05) is 6.07 Å². The molecule has 0 aliphatic carbocycles. The van der Waals surface area contributed by atoms with Crippen LogP contribution >= 0.6 is 12.4 Å². The molecule has 1 aromatic heterocycles. The summed E-state index contributed by atoms with van der Waals surface area (Å²) in [5.74, 6) is -0.308. The molecule has 0 aliphatic heterocycles. The Morgan fingerprint density at radius 1 is 1.46 bits per heavy atom. The Morgan fingerprint density at radius 3 is 2.54 bits per heavy atom. The van der Waals surface area contributed by atoms with Crippen LogP contribution in [0.1, 0.15) is 17.8 Å². The van der Waals surface area contributed by atoms with E-state index < -0.39 is 6.43 Å². The van der Waals surface area contributed by atoms with E-state index in [4.69, 9.17) is 11.1 Å². The molecule has 0 spiro atoms. The number of nitrogens with one attached hydrogen (secondary N) is 1. The number of amidine groups is 1. The van der Waals surface area contributed by atoms with Gasteiger partial charge in [0.2, 0.25) is 0 Å². The first-order valence-corrected chi connectivity index (χ1v) is 3.21. The fourth-order valence-electron chi connectivity index (χ4n) is 0.723. The molecule has 0 fully saturated rings. The number of alkyl halides is 2. The van der Waals surface area contributed by atoms with Crippen molar-refractivity contribution in [2.45, 2.75) is 6.43 Å². The summed E-state index contributed by atoms with van der Waals surface area (Å²) in [5, 5.41) is 6.94. The second-order valence-electron chi connectivity index (χ2n) is 2.16. The highest BCUT2D eigenvalue weighted by atomic mass is 35.5. The molecule has 0 amide bonds. The SMILES string of the molecule is Cl.N=C(N)c1cccc(C(F)F)n1. The third kappa shape index (κ3) is 2.95. The van der Waals surface area contributed by atoms with Gasteiger partial charge >= 0.3 is 0 Å². The van der Waals surface area contributed by atoms with Crippen molar-refractivity contribution in [2.75, 3.05) is 0 Å². The van der Waals surface area contributed by atoms with Crippen molar-refractivity contribution in [3.05, 3.63) is 29.6 Å². The van der Waals surface area contributed by atoms with Crippen molar-refractivity contribution in [1.29, 1.82) is 5.41 Å². The van der Waals surface area contributed by atoms with Gasteiger partial charge in [-0.2, -0.15) is 0 Å². The van der Waals surface area contributed by atoms with Crippen LogP contribution in [0.15, 0.2) is 18.2 Å². The number of pyridine rings is 1. The number of halogens is 3. The van der Waals surface area contributed by atoms with Gasteiger partial charge in [0, 0.05) is 0 Å². The number of nitrogen functional groups attached to an aromatic ring is 1. The summed E-state index contributed by atoms with van der Waals surface area (Å²) in [6, 6.07) is 4.00. The smallest absolute Gasteiger partial charge is 0.280 e. The maximum Gasteiger partial charge on any atom is 0.280 e. The first-order chi connectivity index (χ1) is 5.61. The predicted molar refractivity (Wildman–Crippen MR) is 47.5 cm³/mol. The molecular weight excluding hydrogens is 200 g/mol. The summed E-state index contributed by atoms with van der Waals surface area (Å²) in [4.78, 5) is 3.47. The Morgan fingerprint density at radius 2 is 2.08 bits per heavy atom. The molecule has 1 aromatic rings. The number of hydrogen-bond donors (Lipinski definition) is 2. The molecule has 13 heavy (non-hydrogen) atoms. The van der Waals surface area contributed by atoms with E-state index in [1.165, 1.54) is 18.2 Å². The van der Waals surface area contributed by atoms with Crippen molar-refractivity contribution in [2.24, 2.45) is 5.73 Å². The average molecular weight is 208 g/mol. The summed E-state index contributed by atoms with van der Waals surface area (Å²) in [6.45, 7) is 0. The maximum absolute atomic E-state index is 12.0. The van der Waals surface area contributed by atoms with Crippen LogP contribution in [-0.4, -0.2) is 10.8 Å². The van der Waals surface area contributed by atoms with Crippen LogP contribution in [0.25, 0.3) is 0 Å². The van der Waals surface area contributed by atoms with E-state index in [2.05, 4.69) is 4.98 Å². The van der Waals surface area contributed by atoms with E-state index in [0.717, 1.165) is 0 Å². The van der Waals surface area contributed by atoms with Crippen LogP contribution in [0.3, 0.4) is 0 Å². The third-order valence-electron chi connectivity index (χ3n) is 1.27. The number of nitrogens with zero attached hydrogens (tertiary/aromatic N) is 1. The Kier molecular flexibility index (Phi) is 4.27. The lowest BCUT2D eigenvalue weighted by atomic mass is 10.3. The number of aromatic nitrogens is 1. The quantitative estimate of drug-likeness (QED) is 0.573. The van der Waals surface area contributed by atoms with E-state index in [-0.39, 0.29) is 29.6 Å². The van der Waals surface area contributed by atoms with E-state index in [9.17, 15) is 8.78 Å². The molecule has 0 aromatic carbocycles. The Labute approximate surface area is 79.9 Å². The zero-order chi connectivity index (χ0) is 9.14. The number of hydrogen-bond acceptors (Lipinski definition) is 2. The van der Waals surface area contributed by atoms with E-state index in [1.54, 1.807) is 0 Å². The second kappa shape index (κ2) is 4.71. The molecule has 0 bridgehead atoms. The van der Waals surface area contributed by atoms with Gasteiger partial charge in [0.15, 0.2) is 0 Å². The normalized spacial score (nSPS) is 9.46. The number of rotatable bonds is 2. The Balaban J connectivity index is 0.00000144. The zero-order valence-electron chi connectivity index (χ0n) is 6.50. The Hall–Kier alpha value is -1.23. The predicted octanol–water partition coefficient (Wildman–Crippen LogP) is 1.73. The molecule has 0 saturated heterocycles. The summed E-state index contributed by atoms with van der Waals surface area (Å²) < 4.78 is 24.1. The molecule has 1 heterocycles. The van der Waals surface area contributed by atoms with Crippen LogP contribution in [0.5, 0.6) is 0 Å². The highest BCUT2D eigenvalue weighted by Gasteiger charge is 2.09. The van der Waals surface area contributed by atoms with Gasteiger partial charge in [0.1, 0.15) is 17.2 Å². The molecule has 6 heteroatoms. The molecule has 1 rings (SSSR count). The largest absolute Gasteiger partial charge is 0.382 e. The van der Waals surface area contributed by atoms with Crippen LogP contribution in [-0.2, 0) is 0 Å². The Bertz CT molecular complexity index is 304. The third-order valence-corrected chi connectivity index (χ3v) is 1.27. The van der Waals surface area contributed by atoms with Gasteiger partial charge in [-0.05, 0) is 12.1 Å². The van der Waals surface area contributed by atoms with Gasteiger partial charge in [-0.25, -0.2) is 13.8 Å². The first-order valence-electron chi connectivity index (χ1n) is 3.21. The van der Waals surface area contributed by atoms with Crippen LogP contribution in [0.4, 0.5) is 8.78 Å². The fourth-order valence-corrected chi connectivity index (χ4v) is 0.723. The van der Waals surface area contributed by atoms with Crippen molar-refractivity contribution in [3.8, 4) is 0 Å². The van der Waals surface area contributed by atoms with Crippen molar-refractivity contribution in [3.63, 3.8) is 0 Å². The molecule has 0 saturated carbocycles. The van der Waals surface area contributed by atoms with E-state index in [0.29, 0.717) is 0 Å². The summed E-state index contributed by atoms with van der Waals surface area (Å²) >= 11 is 0. The van der Waals surface area contributed by atoms with Gasteiger partial charge in [0.25, 0.3) is 6.43 Å². The van der Waals surface area contributed by atoms with Gasteiger partial charge in [0.05, 0.1) is 0 Å². The number of nitrogens with two attached hydrogens (primary N) is 1. The van der Waals surface area contributed by atoms with Crippen LogP contribution in [0.2, 0.25) is 0 Å². The molecule has 0 aliphatic rings. The molecule has 72 valence electrons. The molecular formula is C7H8ClF2N3. The second-order valence-corrected chi connectivity index (χ2v) is 2.16. The highest BCUT2D eigenvalue weighted by Crippen LogP contribution is 2.15. The molecule has 3 N–H and O–H groups in total. The molecule has 3 nitrogen and oxygen atoms in total. The van der Waals surface area contributed by atoms with Gasteiger partial charge in [-0.15, -0.1) is 12.4 Å². The van der Waals surface area contributed by atoms with Crippen LogP contribution in [0, 0.1) is 5.41 Å². The lowest BCUT2D eigenvalue weighted by Gasteiger charge is -2.00. The van der Waals surface area contributed by atoms with Crippen LogP contribution < -0.4 is 5.73 Å². The monoisotopic (exact) mass is 207 g/mol. The summed E-state index contributed by atoms with van der Waals surface area (Å²) in [6.07, 6.45) is -2.62. The van der Waals surface area contributed by atoms with Gasteiger partial charge < -0.3 is 5.73 Å². The van der Waals surface area contributed by atoms with Crippen molar-refractivity contribution < 1.29 is 8.78 Å². The highest BCUT2D eigenvalue weighted by molar-refractivity contribution is 5.92. The van der Waals surface area contributed by atoms with E-state index >= 15 is 0 Å². The van der Waals surface area contributed by atoms with E-state index in [1.807, 2.05) is 0 Å². The lowest BCUT2D eigenvalue weighted by Crippen LogP contribution is -2.13. The summed E-state index contributed by atoms with van der Waals surface area (Å²) in [5.41, 5.74) is 4.78. The average Bonchev–Trinajstić information content (AvgIpc) is 2.04. The maximum atomic E-state index is 12.0. The molecule has 0 atom stereocenters. The topological polar surface area (TPSA) is 62.8 Å². The van der Waals surface area contributed by atoms with Gasteiger partial charge in [-0.3, -0.25) is 5.41 Å². The standard InChI is InChI=1S/C7H7F2N3.ClH/c8-6(9)4-2-1-3-5(12-4)7(10)11;/h1-3,6H,(H3,10,11);1H.